The summed E-state index contributed by atoms with van der Waals surface area (Å²) in [4.78, 5) is 26.3. The summed E-state index contributed by atoms with van der Waals surface area (Å²) >= 11 is 0. The number of aromatic carboxylic acids is 1. The Morgan fingerprint density at radius 3 is 2.32 bits per heavy atom. The zero-order chi connectivity index (χ0) is 13.8. The van der Waals surface area contributed by atoms with Gasteiger partial charge in [-0.1, -0.05) is 23.8 Å². The number of pyridine rings is 1. The molecule has 0 saturated heterocycles. The Bertz CT molecular complexity index is 620. The van der Waals surface area contributed by atoms with Crippen LogP contribution in [-0.4, -0.2) is 22.0 Å². The summed E-state index contributed by atoms with van der Waals surface area (Å²) in [5.74, 6) is -1.49. The van der Waals surface area contributed by atoms with Crippen LogP contribution in [-0.2, 0) is 0 Å². The van der Waals surface area contributed by atoms with Crippen LogP contribution in [0.5, 0.6) is 5.75 Å². The molecule has 5 heteroatoms. The fraction of sp³-hybridized carbons (Fsp3) is 0.0714. The first kappa shape index (κ1) is 12.8. The number of benzene rings is 1. The molecule has 1 heterocycles. The lowest BCUT2D eigenvalue weighted by Gasteiger charge is -2.04. The Morgan fingerprint density at radius 2 is 1.68 bits per heavy atom. The lowest BCUT2D eigenvalue weighted by Crippen LogP contribution is -2.13. The first-order valence-corrected chi connectivity index (χ1v) is 5.55. The number of carbonyl (C=O) groups is 2. The summed E-state index contributed by atoms with van der Waals surface area (Å²) in [7, 11) is 0. The van der Waals surface area contributed by atoms with E-state index in [2.05, 4.69) is 4.98 Å². The summed E-state index contributed by atoms with van der Waals surface area (Å²) < 4.78 is 5.10. The Labute approximate surface area is 109 Å². The normalized spacial score (nSPS) is 9.95. The van der Waals surface area contributed by atoms with Crippen LogP contribution in [0, 0.1) is 6.92 Å². The standard InChI is InChI=1S/C14H11NO4/c1-9-5-7-10(8-6-9)19-14(18)12-4-2-3-11(15-12)13(16)17/h2-8H,1H3,(H,16,17). The van der Waals surface area contributed by atoms with Crippen LogP contribution in [0.3, 0.4) is 0 Å². The number of carboxylic acids is 1. The second-order valence-corrected chi connectivity index (χ2v) is 3.92. The Hall–Kier alpha value is -2.69. The zero-order valence-corrected chi connectivity index (χ0v) is 10.2. The number of nitrogens with zero attached hydrogens (tertiary/aromatic N) is 1. The van der Waals surface area contributed by atoms with Gasteiger partial charge < -0.3 is 9.84 Å². The highest BCUT2D eigenvalue weighted by atomic mass is 16.5. The molecule has 1 aromatic carbocycles. The molecule has 0 radical (unpaired) electrons. The maximum atomic E-state index is 11.8. The van der Waals surface area contributed by atoms with E-state index in [-0.39, 0.29) is 11.4 Å². The van der Waals surface area contributed by atoms with E-state index >= 15 is 0 Å². The quantitative estimate of drug-likeness (QED) is 0.674. The van der Waals surface area contributed by atoms with Gasteiger partial charge in [-0.25, -0.2) is 14.6 Å². The van der Waals surface area contributed by atoms with E-state index in [1.54, 1.807) is 12.1 Å². The molecular formula is C14H11NO4. The fourth-order valence-electron chi connectivity index (χ4n) is 1.43. The van der Waals surface area contributed by atoms with Gasteiger partial charge >= 0.3 is 11.9 Å². The Kier molecular flexibility index (Phi) is 3.56. The van der Waals surface area contributed by atoms with Crippen molar-refractivity contribution in [3.05, 3.63) is 59.4 Å². The number of carboxylic acid groups (broad SMARTS) is 1. The molecule has 0 aliphatic heterocycles. The van der Waals surface area contributed by atoms with Gasteiger partial charge in [0.05, 0.1) is 0 Å². The summed E-state index contributed by atoms with van der Waals surface area (Å²) in [6.07, 6.45) is 0. The van der Waals surface area contributed by atoms with Crippen LogP contribution in [0.2, 0.25) is 0 Å². The van der Waals surface area contributed by atoms with Crippen molar-refractivity contribution in [3.8, 4) is 5.75 Å². The van der Waals surface area contributed by atoms with E-state index in [9.17, 15) is 9.59 Å². The number of aryl methyl sites for hydroxylation is 1. The minimum Gasteiger partial charge on any atom is -0.477 e. The minimum absolute atomic E-state index is 0.0412. The summed E-state index contributed by atoms with van der Waals surface area (Å²) in [6, 6.07) is 11.1. The summed E-state index contributed by atoms with van der Waals surface area (Å²) in [6.45, 7) is 1.92. The highest BCUT2D eigenvalue weighted by molar-refractivity contribution is 5.91. The molecule has 1 N–H and O–H groups in total. The second kappa shape index (κ2) is 5.30. The third-order valence-electron chi connectivity index (χ3n) is 2.41. The number of carbonyl (C=O) groups excluding carboxylic acids is 1. The van der Waals surface area contributed by atoms with Crippen molar-refractivity contribution < 1.29 is 19.4 Å². The highest BCUT2D eigenvalue weighted by Gasteiger charge is 2.13. The minimum atomic E-state index is -1.19. The third kappa shape index (κ3) is 3.16. The maximum Gasteiger partial charge on any atom is 0.362 e. The van der Waals surface area contributed by atoms with E-state index in [1.807, 2.05) is 19.1 Å². The van der Waals surface area contributed by atoms with Crippen molar-refractivity contribution in [3.63, 3.8) is 0 Å². The Balaban J connectivity index is 2.18. The zero-order valence-electron chi connectivity index (χ0n) is 10.2. The monoisotopic (exact) mass is 257 g/mol. The molecule has 0 aliphatic carbocycles. The van der Waals surface area contributed by atoms with Gasteiger partial charge in [0.1, 0.15) is 17.1 Å². The van der Waals surface area contributed by atoms with Gasteiger partial charge in [0.2, 0.25) is 0 Å². The van der Waals surface area contributed by atoms with E-state index < -0.39 is 11.9 Å². The molecule has 19 heavy (non-hydrogen) atoms. The molecule has 0 bridgehead atoms. The second-order valence-electron chi connectivity index (χ2n) is 3.92. The molecule has 0 unspecified atom stereocenters. The van der Waals surface area contributed by atoms with Crippen molar-refractivity contribution >= 4 is 11.9 Å². The van der Waals surface area contributed by atoms with Crippen LogP contribution in [0.15, 0.2) is 42.5 Å². The number of esters is 1. The topological polar surface area (TPSA) is 76.5 Å². The van der Waals surface area contributed by atoms with Gasteiger partial charge in [0, 0.05) is 0 Å². The van der Waals surface area contributed by atoms with Crippen LogP contribution >= 0.6 is 0 Å². The van der Waals surface area contributed by atoms with E-state index in [4.69, 9.17) is 9.84 Å². The molecule has 5 nitrogen and oxygen atoms in total. The van der Waals surface area contributed by atoms with Crippen LogP contribution in [0.25, 0.3) is 0 Å². The SMILES string of the molecule is Cc1ccc(OC(=O)c2cccc(C(=O)O)n2)cc1. The maximum absolute atomic E-state index is 11.8. The number of ether oxygens (including phenoxy) is 1. The van der Waals surface area contributed by atoms with Gasteiger partial charge in [-0.3, -0.25) is 0 Å². The van der Waals surface area contributed by atoms with Crippen molar-refractivity contribution in [2.45, 2.75) is 6.92 Å². The van der Waals surface area contributed by atoms with Crippen LogP contribution in [0.1, 0.15) is 26.5 Å². The van der Waals surface area contributed by atoms with Gasteiger partial charge in [0.25, 0.3) is 0 Å². The van der Waals surface area contributed by atoms with E-state index in [0.29, 0.717) is 5.75 Å². The largest absolute Gasteiger partial charge is 0.477 e. The highest BCUT2D eigenvalue weighted by Crippen LogP contribution is 2.13. The predicted molar refractivity (Wildman–Crippen MR) is 67.3 cm³/mol. The summed E-state index contributed by atoms with van der Waals surface area (Å²) in [5.41, 5.74) is 0.810. The van der Waals surface area contributed by atoms with Crippen molar-refractivity contribution in [2.75, 3.05) is 0 Å². The molecule has 0 amide bonds. The van der Waals surface area contributed by atoms with E-state index in [0.717, 1.165) is 5.56 Å². The van der Waals surface area contributed by atoms with Gasteiger partial charge in [-0.15, -0.1) is 0 Å². The van der Waals surface area contributed by atoms with Gasteiger partial charge in [0.15, 0.2) is 0 Å². The molecule has 0 spiro atoms. The van der Waals surface area contributed by atoms with Crippen molar-refractivity contribution in [1.29, 1.82) is 0 Å². The van der Waals surface area contributed by atoms with Crippen molar-refractivity contribution in [2.24, 2.45) is 0 Å². The molecule has 0 aliphatic rings. The molecular weight excluding hydrogens is 246 g/mol. The van der Waals surface area contributed by atoms with E-state index in [1.165, 1.54) is 18.2 Å². The first-order chi connectivity index (χ1) is 9.06. The first-order valence-electron chi connectivity index (χ1n) is 5.55. The molecule has 0 saturated carbocycles. The Morgan fingerprint density at radius 1 is 1.05 bits per heavy atom. The number of rotatable bonds is 3. The number of aromatic nitrogens is 1. The van der Waals surface area contributed by atoms with Gasteiger partial charge in [-0.2, -0.15) is 0 Å². The van der Waals surface area contributed by atoms with Crippen LogP contribution < -0.4 is 4.74 Å². The smallest absolute Gasteiger partial charge is 0.362 e. The molecule has 2 aromatic rings. The molecule has 96 valence electrons. The molecule has 1 aromatic heterocycles. The molecule has 0 fully saturated rings. The lowest BCUT2D eigenvalue weighted by molar-refractivity contribution is 0.0689. The number of hydrogen-bond acceptors (Lipinski definition) is 4. The fourth-order valence-corrected chi connectivity index (χ4v) is 1.43. The average Bonchev–Trinajstić information content (AvgIpc) is 2.41. The predicted octanol–water partition coefficient (Wildman–Crippen LogP) is 2.31. The summed E-state index contributed by atoms with van der Waals surface area (Å²) in [5, 5.41) is 8.80. The molecule has 2 rings (SSSR count). The van der Waals surface area contributed by atoms with Gasteiger partial charge in [-0.05, 0) is 31.2 Å². The lowest BCUT2D eigenvalue weighted by atomic mass is 10.2. The van der Waals surface area contributed by atoms with Crippen molar-refractivity contribution in [1.82, 2.24) is 4.98 Å². The number of hydrogen-bond donors (Lipinski definition) is 1. The van der Waals surface area contributed by atoms with Crippen LogP contribution in [0.4, 0.5) is 0 Å². The molecule has 0 atom stereocenters. The third-order valence-corrected chi connectivity index (χ3v) is 2.41. The average molecular weight is 257 g/mol.